The number of amidine groups is 2. The first-order valence-electron chi connectivity index (χ1n) is 9.93. The minimum atomic E-state index is -0.0409. The maximum Gasteiger partial charge on any atom is 3.00 e. The smallest absolute Gasteiger partial charge is 1.00 e. The van der Waals surface area contributed by atoms with Crippen molar-refractivity contribution in [2.75, 3.05) is 28.2 Å². The molecule has 0 bridgehead atoms. The maximum atomic E-state index is 4.77. The molecule has 34 heavy (non-hydrogen) atoms. The Morgan fingerprint density at radius 1 is 0.676 bits per heavy atom. The van der Waals surface area contributed by atoms with Crippen LogP contribution in [-0.2, 0) is 16.8 Å². The third kappa shape index (κ3) is 5.69. The number of aliphatic imine (C=N–C) groups is 4. The molecular formula is C23H23Cl3CoN7. The van der Waals surface area contributed by atoms with Crippen LogP contribution in [0.5, 0.6) is 0 Å². The summed E-state index contributed by atoms with van der Waals surface area (Å²) in [6.45, 7) is 0. The monoisotopic (exact) mass is 561 g/mol. The predicted octanol–water partition coefficient (Wildman–Crippen LogP) is -6.74. The minimum Gasteiger partial charge on any atom is -1.00 e. The third-order valence-corrected chi connectivity index (χ3v) is 5.33. The van der Waals surface area contributed by atoms with Crippen LogP contribution in [-0.4, -0.2) is 78.2 Å². The molecule has 4 aliphatic rings. The Labute approximate surface area is 228 Å². The molecule has 2 unspecified atom stereocenters. The average molecular weight is 563 g/mol. The van der Waals surface area contributed by atoms with E-state index in [2.05, 4.69) is 46.3 Å². The van der Waals surface area contributed by atoms with Gasteiger partial charge >= 0.3 is 16.8 Å². The van der Waals surface area contributed by atoms with Crippen molar-refractivity contribution < 1.29 is 54.0 Å². The molecule has 0 fully saturated rings. The van der Waals surface area contributed by atoms with E-state index >= 15 is 0 Å². The van der Waals surface area contributed by atoms with E-state index in [1.165, 1.54) is 0 Å². The molecule has 0 spiro atoms. The number of hydrogen-bond donors (Lipinski definition) is 0. The maximum absolute atomic E-state index is 4.77. The van der Waals surface area contributed by atoms with Crippen molar-refractivity contribution in [2.45, 2.75) is 12.1 Å². The number of hydrogen-bond acceptors (Lipinski definition) is 7. The van der Waals surface area contributed by atoms with Gasteiger partial charge in [-0.1, -0.05) is 18.2 Å². The summed E-state index contributed by atoms with van der Waals surface area (Å²) in [6.07, 6.45) is 12.4. The molecule has 5 rings (SSSR count). The number of pyridine rings is 1. The summed E-state index contributed by atoms with van der Waals surface area (Å²) < 4.78 is 0. The van der Waals surface area contributed by atoms with Crippen molar-refractivity contribution in [3.8, 4) is 0 Å². The van der Waals surface area contributed by atoms with Crippen LogP contribution in [0, 0.1) is 0 Å². The van der Waals surface area contributed by atoms with Crippen molar-refractivity contribution in [3.63, 3.8) is 0 Å². The molecule has 0 saturated carbocycles. The molecule has 11 heteroatoms. The predicted molar refractivity (Wildman–Crippen MR) is 122 cm³/mol. The van der Waals surface area contributed by atoms with Crippen molar-refractivity contribution in [1.82, 2.24) is 14.8 Å². The first-order valence-corrected chi connectivity index (χ1v) is 9.93. The fraction of sp³-hybridized carbons (Fsp3) is 0.261. The van der Waals surface area contributed by atoms with E-state index in [1.54, 1.807) is 0 Å². The molecule has 180 valence electrons. The van der Waals surface area contributed by atoms with E-state index in [0.717, 1.165) is 34.2 Å². The molecule has 1 aromatic heterocycles. The second-order valence-corrected chi connectivity index (χ2v) is 7.92. The van der Waals surface area contributed by atoms with Gasteiger partial charge in [-0.15, -0.1) is 0 Å². The van der Waals surface area contributed by atoms with Gasteiger partial charge in [0.25, 0.3) is 0 Å². The topological polar surface area (TPSA) is 68.8 Å². The second kappa shape index (κ2) is 11.9. The van der Waals surface area contributed by atoms with Gasteiger partial charge in [-0.25, -0.2) is 15.0 Å². The summed E-state index contributed by atoms with van der Waals surface area (Å²) in [5.41, 5.74) is 5.58. The summed E-state index contributed by atoms with van der Waals surface area (Å²) in [5.74, 6) is 1.30. The Morgan fingerprint density at radius 2 is 1.09 bits per heavy atom. The summed E-state index contributed by atoms with van der Waals surface area (Å²) in [4.78, 5) is 27.8. The molecule has 0 aromatic carbocycles. The number of nitrogens with zero attached hydrogens (tertiary/aromatic N) is 7. The van der Waals surface area contributed by atoms with E-state index in [0.29, 0.717) is 11.7 Å². The van der Waals surface area contributed by atoms with Crippen LogP contribution < -0.4 is 37.2 Å². The minimum absolute atomic E-state index is 0. The summed E-state index contributed by atoms with van der Waals surface area (Å²) in [6, 6.07) is 5.75. The molecule has 1 aromatic rings. The van der Waals surface area contributed by atoms with Gasteiger partial charge in [0.1, 0.15) is 23.5 Å². The van der Waals surface area contributed by atoms with Gasteiger partial charge in [-0.05, 0) is 36.4 Å². The Bertz CT molecular complexity index is 1090. The Hall–Kier alpha value is -2.23. The van der Waals surface area contributed by atoms with E-state index in [1.807, 2.05) is 46.4 Å². The van der Waals surface area contributed by atoms with E-state index in [-0.39, 0.29) is 66.1 Å². The molecule has 7 nitrogen and oxygen atoms in total. The fourth-order valence-electron chi connectivity index (χ4n) is 3.61. The normalized spacial score (nSPS) is 20.8. The van der Waals surface area contributed by atoms with E-state index < -0.39 is 0 Å². The molecule has 0 N–H and O–H groups in total. The number of allylic oxidation sites excluding steroid dienone is 2. The van der Waals surface area contributed by atoms with Crippen LogP contribution in [0.3, 0.4) is 0 Å². The molecule has 3 heterocycles. The molecular weight excluding hydrogens is 540 g/mol. The van der Waals surface area contributed by atoms with Crippen molar-refractivity contribution in [2.24, 2.45) is 20.0 Å². The van der Waals surface area contributed by atoms with Crippen molar-refractivity contribution in [3.05, 3.63) is 77.4 Å². The largest absolute Gasteiger partial charge is 3.00 e. The average Bonchev–Trinajstić information content (AvgIpc) is 3.36. The van der Waals surface area contributed by atoms with Gasteiger partial charge in [0.2, 0.25) is 0 Å². The molecule has 2 aliphatic heterocycles. The first-order chi connectivity index (χ1) is 14.5. The number of likely N-dealkylation sites (N-methyl/N-ethyl adjacent to an activating group) is 2. The number of rotatable bonds is 4. The molecule has 0 saturated heterocycles. The van der Waals surface area contributed by atoms with Crippen molar-refractivity contribution in [1.29, 1.82) is 0 Å². The van der Waals surface area contributed by atoms with Crippen molar-refractivity contribution >= 4 is 23.1 Å². The van der Waals surface area contributed by atoms with Crippen LogP contribution >= 0.6 is 0 Å². The summed E-state index contributed by atoms with van der Waals surface area (Å²) in [7, 11) is 8.08. The van der Waals surface area contributed by atoms with E-state index in [4.69, 9.17) is 25.0 Å². The quantitative estimate of drug-likeness (QED) is 0.367. The second-order valence-electron chi connectivity index (χ2n) is 7.92. The SMILES string of the molecule is CN(C)C1=CC2=NC(c3cccc(C4=NC5C=CC(N(C)C)=CC5=N4)n3)=NC2C=C1.[Cl-].[Cl-].[Cl-].[Co+3]. The molecule has 2 aliphatic carbocycles. The van der Waals surface area contributed by atoms with Gasteiger partial charge in [0.05, 0.1) is 11.4 Å². The Morgan fingerprint density at radius 3 is 1.47 bits per heavy atom. The summed E-state index contributed by atoms with van der Waals surface area (Å²) in [5, 5.41) is 0. The van der Waals surface area contributed by atoms with Crippen LogP contribution in [0.25, 0.3) is 0 Å². The van der Waals surface area contributed by atoms with Crippen LogP contribution in [0.1, 0.15) is 11.4 Å². The zero-order chi connectivity index (χ0) is 20.8. The van der Waals surface area contributed by atoms with Gasteiger partial charge in [-0.2, -0.15) is 0 Å². The van der Waals surface area contributed by atoms with Crippen LogP contribution in [0.4, 0.5) is 0 Å². The summed E-state index contributed by atoms with van der Waals surface area (Å²) >= 11 is 0. The zero-order valence-electron chi connectivity index (χ0n) is 18.9. The van der Waals surface area contributed by atoms with Crippen LogP contribution in [0.2, 0.25) is 0 Å². The van der Waals surface area contributed by atoms with Gasteiger partial charge < -0.3 is 47.0 Å². The van der Waals surface area contributed by atoms with Gasteiger partial charge in [0, 0.05) is 39.6 Å². The first kappa shape index (κ1) is 29.8. The van der Waals surface area contributed by atoms with Gasteiger partial charge in [0.15, 0.2) is 11.7 Å². The third-order valence-electron chi connectivity index (χ3n) is 5.33. The van der Waals surface area contributed by atoms with Gasteiger partial charge in [-0.3, -0.25) is 9.98 Å². The van der Waals surface area contributed by atoms with Crippen LogP contribution in [0.15, 0.2) is 86.0 Å². The Balaban J connectivity index is 0.00000144. The number of aromatic nitrogens is 1. The Kier molecular flexibility index (Phi) is 10.5. The fourth-order valence-corrected chi connectivity index (χ4v) is 3.61. The molecule has 2 atom stereocenters. The zero-order valence-corrected chi connectivity index (χ0v) is 22.3. The van der Waals surface area contributed by atoms with E-state index in [9.17, 15) is 0 Å². The molecule has 0 amide bonds. The standard InChI is InChI=1S/C23H23N7.3ClH.Co/c1-29(2)14-8-10-16-20(12-14)27-22(25-16)18-6-5-7-19(24-18)23-26-17-11-9-15(30(3)4)13-21(17)28-23;;;;/h5-13,16-17H,1-4H3;3*1H;/q;;;;+3/p-3. The number of fused-ring (bicyclic) bond motifs is 2. The molecule has 0 radical (unpaired) electrons. The number of halogens is 3.